The molecule has 0 saturated carbocycles. The van der Waals surface area contributed by atoms with Crippen LogP contribution in [0.3, 0.4) is 0 Å². The van der Waals surface area contributed by atoms with E-state index in [2.05, 4.69) is 5.10 Å². The molecule has 0 saturated heterocycles. The summed E-state index contributed by atoms with van der Waals surface area (Å²) >= 11 is 0. The van der Waals surface area contributed by atoms with Crippen molar-refractivity contribution in [3.05, 3.63) is 17.5 Å². The van der Waals surface area contributed by atoms with Crippen molar-refractivity contribution in [2.24, 2.45) is 0 Å². The second-order valence-corrected chi connectivity index (χ2v) is 2.27. The van der Waals surface area contributed by atoms with Gasteiger partial charge in [0, 0.05) is 25.1 Å². The first-order chi connectivity index (χ1) is 5.27. The fourth-order valence-electron chi connectivity index (χ4n) is 0.873. The molecule has 1 aromatic rings. The number of rotatable bonds is 3. The zero-order valence-electron chi connectivity index (χ0n) is 6.66. The van der Waals surface area contributed by atoms with E-state index >= 15 is 0 Å². The SMILES string of the molecule is COCn1cc(C=N)c(C)n1. The van der Waals surface area contributed by atoms with Crippen molar-refractivity contribution in [2.45, 2.75) is 13.7 Å². The Bertz CT molecular complexity index is 254. The van der Waals surface area contributed by atoms with Gasteiger partial charge in [-0.05, 0) is 6.92 Å². The summed E-state index contributed by atoms with van der Waals surface area (Å²) in [6.07, 6.45) is 3.07. The summed E-state index contributed by atoms with van der Waals surface area (Å²) in [6, 6.07) is 0. The standard InChI is InChI=1S/C7H11N3O/c1-6-7(3-8)4-10(9-6)5-11-2/h3-4,8H,5H2,1-2H3. The van der Waals surface area contributed by atoms with Gasteiger partial charge >= 0.3 is 0 Å². The molecule has 0 aromatic carbocycles. The lowest BCUT2D eigenvalue weighted by Crippen LogP contribution is -1.99. The summed E-state index contributed by atoms with van der Waals surface area (Å²) in [7, 11) is 1.61. The second-order valence-electron chi connectivity index (χ2n) is 2.27. The van der Waals surface area contributed by atoms with Crippen LogP contribution in [-0.4, -0.2) is 23.1 Å². The van der Waals surface area contributed by atoms with Gasteiger partial charge in [-0.15, -0.1) is 0 Å². The lowest BCUT2D eigenvalue weighted by Gasteiger charge is -1.95. The highest BCUT2D eigenvalue weighted by atomic mass is 16.5. The number of aryl methyl sites for hydroxylation is 1. The van der Waals surface area contributed by atoms with Crippen molar-refractivity contribution < 1.29 is 4.74 Å². The van der Waals surface area contributed by atoms with Gasteiger partial charge in [-0.1, -0.05) is 0 Å². The summed E-state index contributed by atoms with van der Waals surface area (Å²) in [6.45, 7) is 2.31. The smallest absolute Gasteiger partial charge is 0.138 e. The lowest BCUT2D eigenvalue weighted by atomic mass is 10.3. The van der Waals surface area contributed by atoms with Crippen molar-refractivity contribution in [3.8, 4) is 0 Å². The highest BCUT2D eigenvalue weighted by Crippen LogP contribution is 2.01. The molecule has 0 radical (unpaired) electrons. The van der Waals surface area contributed by atoms with Crippen LogP contribution in [0.2, 0.25) is 0 Å². The van der Waals surface area contributed by atoms with Crippen LogP contribution in [0.4, 0.5) is 0 Å². The summed E-state index contributed by atoms with van der Waals surface area (Å²) in [5.74, 6) is 0. The van der Waals surface area contributed by atoms with Gasteiger partial charge in [-0.3, -0.25) is 0 Å². The van der Waals surface area contributed by atoms with Gasteiger partial charge in [-0.2, -0.15) is 5.10 Å². The molecule has 0 unspecified atom stereocenters. The van der Waals surface area contributed by atoms with Crippen LogP contribution < -0.4 is 0 Å². The van der Waals surface area contributed by atoms with Gasteiger partial charge < -0.3 is 10.1 Å². The monoisotopic (exact) mass is 153 g/mol. The number of nitrogens with zero attached hydrogens (tertiary/aromatic N) is 2. The van der Waals surface area contributed by atoms with Gasteiger partial charge in [0.2, 0.25) is 0 Å². The lowest BCUT2D eigenvalue weighted by molar-refractivity contribution is 0.120. The Labute approximate surface area is 65.3 Å². The van der Waals surface area contributed by atoms with E-state index in [1.54, 1.807) is 18.0 Å². The largest absolute Gasteiger partial charge is 0.362 e. The third kappa shape index (κ3) is 1.65. The quantitative estimate of drug-likeness (QED) is 0.653. The van der Waals surface area contributed by atoms with Gasteiger partial charge in [-0.25, -0.2) is 4.68 Å². The summed E-state index contributed by atoms with van der Waals surface area (Å²) in [4.78, 5) is 0. The molecule has 4 heteroatoms. The van der Waals surface area contributed by atoms with Crippen LogP contribution in [-0.2, 0) is 11.5 Å². The number of hydrogen-bond donors (Lipinski definition) is 1. The maximum absolute atomic E-state index is 7.01. The topological polar surface area (TPSA) is 50.9 Å². The molecule has 60 valence electrons. The van der Waals surface area contributed by atoms with Crippen LogP contribution in [0, 0.1) is 12.3 Å². The van der Waals surface area contributed by atoms with Crippen LogP contribution in [0.1, 0.15) is 11.3 Å². The molecule has 1 aromatic heterocycles. The first-order valence-corrected chi connectivity index (χ1v) is 3.31. The van der Waals surface area contributed by atoms with Crippen LogP contribution >= 0.6 is 0 Å². The first kappa shape index (κ1) is 7.94. The average molecular weight is 153 g/mol. The zero-order chi connectivity index (χ0) is 8.27. The van der Waals surface area contributed by atoms with E-state index in [0.717, 1.165) is 11.3 Å². The fraction of sp³-hybridized carbons (Fsp3) is 0.429. The maximum atomic E-state index is 7.01. The Morgan fingerprint density at radius 3 is 3.00 bits per heavy atom. The van der Waals surface area contributed by atoms with Crippen molar-refractivity contribution in [2.75, 3.05) is 7.11 Å². The molecule has 0 aliphatic heterocycles. The van der Waals surface area contributed by atoms with E-state index < -0.39 is 0 Å². The molecular weight excluding hydrogens is 142 g/mol. The van der Waals surface area contributed by atoms with Crippen LogP contribution in [0.5, 0.6) is 0 Å². The molecule has 0 atom stereocenters. The molecular formula is C7H11N3O. The maximum Gasteiger partial charge on any atom is 0.138 e. The van der Waals surface area contributed by atoms with Crippen molar-refractivity contribution in [1.29, 1.82) is 5.41 Å². The molecule has 1 N–H and O–H groups in total. The normalized spacial score (nSPS) is 10.0. The predicted molar refractivity (Wildman–Crippen MR) is 41.9 cm³/mol. The minimum absolute atomic E-state index is 0.439. The van der Waals surface area contributed by atoms with E-state index in [1.807, 2.05) is 6.92 Å². The van der Waals surface area contributed by atoms with E-state index in [0.29, 0.717) is 6.73 Å². The third-order valence-corrected chi connectivity index (χ3v) is 1.40. The number of ether oxygens (including phenoxy) is 1. The number of hydrogen-bond acceptors (Lipinski definition) is 3. The fourth-order valence-corrected chi connectivity index (χ4v) is 0.873. The number of aromatic nitrogens is 2. The molecule has 0 aliphatic rings. The van der Waals surface area contributed by atoms with E-state index in [1.165, 1.54) is 6.21 Å². The Kier molecular flexibility index (Phi) is 2.38. The third-order valence-electron chi connectivity index (χ3n) is 1.40. The molecule has 1 heterocycles. The predicted octanol–water partition coefficient (Wildman–Crippen LogP) is 0.793. The Morgan fingerprint density at radius 2 is 2.55 bits per heavy atom. The molecule has 0 amide bonds. The number of nitrogens with one attached hydrogen (secondary N) is 1. The van der Waals surface area contributed by atoms with Gasteiger partial charge in [0.25, 0.3) is 0 Å². The molecule has 0 bridgehead atoms. The van der Waals surface area contributed by atoms with Gasteiger partial charge in [0.1, 0.15) is 6.73 Å². The second kappa shape index (κ2) is 3.30. The van der Waals surface area contributed by atoms with E-state index in [4.69, 9.17) is 10.1 Å². The summed E-state index contributed by atoms with van der Waals surface area (Å²) < 4.78 is 6.53. The highest BCUT2D eigenvalue weighted by molar-refractivity contribution is 5.77. The molecule has 0 spiro atoms. The highest BCUT2D eigenvalue weighted by Gasteiger charge is 1.99. The van der Waals surface area contributed by atoms with Gasteiger partial charge in [0.05, 0.1) is 5.69 Å². The van der Waals surface area contributed by atoms with Crippen molar-refractivity contribution in [1.82, 2.24) is 9.78 Å². The number of methoxy groups -OCH3 is 1. The Hall–Kier alpha value is -1.16. The average Bonchev–Trinajstić information content (AvgIpc) is 2.32. The van der Waals surface area contributed by atoms with E-state index in [-0.39, 0.29) is 0 Å². The molecule has 11 heavy (non-hydrogen) atoms. The minimum Gasteiger partial charge on any atom is -0.362 e. The molecule has 4 nitrogen and oxygen atoms in total. The summed E-state index contributed by atoms with van der Waals surface area (Å²) in [5.41, 5.74) is 1.69. The molecule has 1 rings (SSSR count). The Balaban J connectivity index is 2.86. The van der Waals surface area contributed by atoms with Crippen molar-refractivity contribution >= 4 is 6.21 Å². The van der Waals surface area contributed by atoms with Crippen LogP contribution in [0.25, 0.3) is 0 Å². The molecule has 0 fully saturated rings. The minimum atomic E-state index is 0.439. The Morgan fingerprint density at radius 1 is 1.82 bits per heavy atom. The van der Waals surface area contributed by atoms with Crippen molar-refractivity contribution in [3.63, 3.8) is 0 Å². The first-order valence-electron chi connectivity index (χ1n) is 3.31. The molecule has 0 aliphatic carbocycles. The van der Waals surface area contributed by atoms with Crippen LogP contribution in [0.15, 0.2) is 6.20 Å². The summed E-state index contributed by atoms with van der Waals surface area (Å²) in [5, 5.41) is 11.1. The van der Waals surface area contributed by atoms with Gasteiger partial charge in [0.15, 0.2) is 0 Å². The van der Waals surface area contributed by atoms with E-state index in [9.17, 15) is 0 Å². The zero-order valence-corrected chi connectivity index (χ0v) is 6.66.